The number of hydrogen-bond acceptors (Lipinski definition) is 9. The number of carbonyl (C=O) groups is 3. The van der Waals surface area contributed by atoms with Gasteiger partial charge < -0.3 is 15.0 Å². The van der Waals surface area contributed by atoms with Crippen molar-refractivity contribution in [3.8, 4) is 0 Å². The van der Waals surface area contributed by atoms with Crippen molar-refractivity contribution in [2.45, 2.75) is 32.4 Å². The summed E-state index contributed by atoms with van der Waals surface area (Å²) in [5.74, 6) is -2.09. The zero-order valence-electron chi connectivity index (χ0n) is 15.1. The topological polar surface area (TPSA) is 128 Å². The van der Waals surface area contributed by atoms with Gasteiger partial charge in [0.1, 0.15) is 5.70 Å². The number of rotatable bonds is 8. The maximum atomic E-state index is 12.5. The van der Waals surface area contributed by atoms with E-state index in [0.717, 1.165) is 18.9 Å². The maximum absolute atomic E-state index is 12.5. The number of thioether (sulfide) groups is 1. The fourth-order valence-corrected chi connectivity index (χ4v) is 4.39. The Labute approximate surface area is 161 Å². The van der Waals surface area contributed by atoms with E-state index in [0.29, 0.717) is 11.3 Å². The fraction of sp³-hybridized carbons (Fsp3) is 0.533. The summed E-state index contributed by atoms with van der Waals surface area (Å²) >= 11 is 1.16. The molecule has 2 amide bonds. The second kappa shape index (κ2) is 8.42. The van der Waals surface area contributed by atoms with E-state index in [-0.39, 0.29) is 11.6 Å². The maximum Gasteiger partial charge on any atom is 0.399 e. The van der Waals surface area contributed by atoms with E-state index < -0.39 is 40.3 Å². The van der Waals surface area contributed by atoms with Crippen LogP contribution < -0.4 is 5.32 Å². The standard InChI is InChI=1S/C15H20N2O8S2/c1-8(25-27(21,22)24-4)12-10-7-11(26-6-5-16-9(2)18)13(15(20)23-3)17(10)14(12)19/h5-6,8,10,12H,7H2,1-4H3,(H,16,18)/b6-5+/t8-,10+,12-/m0/s1. The van der Waals surface area contributed by atoms with E-state index in [1.807, 2.05) is 0 Å². The minimum atomic E-state index is -4.20. The Morgan fingerprint density at radius 3 is 2.59 bits per heavy atom. The first-order valence-corrected chi connectivity index (χ1v) is 10.1. The number of amides is 2. The van der Waals surface area contributed by atoms with Crippen LogP contribution in [0.1, 0.15) is 20.3 Å². The highest BCUT2D eigenvalue weighted by Crippen LogP contribution is 2.48. The molecule has 2 aliphatic rings. The fourth-order valence-electron chi connectivity index (χ4n) is 2.96. The molecule has 1 fully saturated rings. The van der Waals surface area contributed by atoms with Crippen LogP contribution in [0.3, 0.4) is 0 Å². The molecule has 0 spiro atoms. The average Bonchev–Trinajstić information content (AvgIpc) is 2.91. The van der Waals surface area contributed by atoms with Crippen LogP contribution in [0.25, 0.3) is 0 Å². The molecule has 0 aromatic heterocycles. The molecule has 150 valence electrons. The summed E-state index contributed by atoms with van der Waals surface area (Å²) < 4.78 is 36.8. The first-order valence-electron chi connectivity index (χ1n) is 7.85. The van der Waals surface area contributed by atoms with Gasteiger partial charge in [0.05, 0.1) is 32.3 Å². The summed E-state index contributed by atoms with van der Waals surface area (Å²) in [5.41, 5.74) is 0.114. The van der Waals surface area contributed by atoms with Gasteiger partial charge in [-0.2, -0.15) is 8.42 Å². The molecule has 0 unspecified atom stereocenters. The summed E-state index contributed by atoms with van der Waals surface area (Å²) in [7, 11) is -2.04. The van der Waals surface area contributed by atoms with Gasteiger partial charge in [0.15, 0.2) is 0 Å². The molecule has 2 heterocycles. The van der Waals surface area contributed by atoms with Gasteiger partial charge in [0.25, 0.3) is 0 Å². The third kappa shape index (κ3) is 4.51. The van der Waals surface area contributed by atoms with Crippen LogP contribution in [0.4, 0.5) is 0 Å². The van der Waals surface area contributed by atoms with Crippen molar-refractivity contribution in [2.75, 3.05) is 14.2 Å². The van der Waals surface area contributed by atoms with E-state index in [1.54, 1.807) is 5.41 Å². The van der Waals surface area contributed by atoms with Crippen LogP contribution in [0.5, 0.6) is 0 Å². The lowest BCUT2D eigenvalue weighted by atomic mass is 9.83. The summed E-state index contributed by atoms with van der Waals surface area (Å²) in [6.45, 7) is 2.81. The number of ether oxygens (including phenoxy) is 1. The van der Waals surface area contributed by atoms with Gasteiger partial charge in [0.2, 0.25) is 11.8 Å². The molecule has 0 aliphatic carbocycles. The monoisotopic (exact) mass is 420 g/mol. The van der Waals surface area contributed by atoms with Gasteiger partial charge >= 0.3 is 16.4 Å². The minimum absolute atomic E-state index is 0.114. The Morgan fingerprint density at radius 1 is 1.37 bits per heavy atom. The lowest BCUT2D eigenvalue weighted by Crippen LogP contribution is -2.62. The lowest BCUT2D eigenvalue weighted by molar-refractivity contribution is -0.160. The Morgan fingerprint density at radius 2 is 2.04 bits per heavy atom. The van der Waals surface area contributed by atoms with E-state index in [9.17, 15) is 22.8 Å². The predicted molar refractivity (Wildman–Crippen MR) is 94.8 cm³/mol. The molecule has 0 bridgehead atoms. The highest BCUT2D eigenvalue weighted by molar-refractivity contribution is 8.05. The summed E-state index contributed by atoms with van der Waals surface area (Å²) in [5, 5.41) is 4.04. The predicted octanol–water partition coefficient (Wildman–Crippen LogP) is 0.238. The quantitative estimate of drug-likeness (QED) is 0.434. The molecule has 2 rings (SSSR count). The Bertz CT molecular complexity index is 805. The molecule has 3 atom stereocenters. The van der Waals surface area contributed by atoms with E-state index in [4.69, 9.17) is 8.92 Å². The van der Waals surface area contributed by atoms with E-state index in [1.165, 1.54) is 32.1 Å². The Hall–Kier alpha value is -1.89. The van der Waals surface area contributed by atoms with Crippen molar-refractivity contribution in [3.05, 3.63) is 22.2 Å². The molecule has 27 heavy (non-hydrogen) atoms. The molecular formula is C15H20N2O8S2. The molecule has 10 nitrogen and oxygen atoms in total. The third-order valence-corrected chi connectivity index (χ3v) is 5.96. The molecule has 0 saturated carbocycles. The molecule has 12 heteroatoms. The molecule has 0 aromatic rings. The van der Waals surface area contributed by atoms with Gasteiger partial charge in [0, 0.05) is 24.4 Å². The average molecular weight is 420 g/mol. The van der Waals surface area contributed by atoms with Crippen molar-refractivity contribution >= 4 is 39.9 Å². The van der Waals surface area contributed by atoms with Gasteiger partial charge in [-0.1, -0.05) is 11.8 Å². The van der Waals surface area contributed by atoms with Crippen molar-refractivity contribution in [2.24, 2.45) is 5.92 Å². The molecule has 1 saturated heterocycles. The number of fused-ring (bicyclic) bond motifs is 1. The highest BCUT2D eigenvalue weighted by atomic mass is 32.3. The molecule has 2 aliphatic heterocycles. The number of nitrogens with one attached hydrogen (secondary N) is 1. The summed E-state index contributed by atoms with van der Waals surface area (Å²) in [6.07, 6.45) is 0.791. The zero-order chi connectivity index (χ0) is 20.4. The second-order valence-electron chi connectivity index (χ2n) is 5.77. The van der Waals surface area contributed by atoms with Crippen molar-refractivity contribution in [1.82, 2.24) is 10.2 Å². The number of nitrogens with zero attached hydrogens (tertiary/aromatic N) is 1. The Kier molecular flexibility index (Phi) is 6.68. The van der Waals surface area contributed by atoms with Gasteiger partial charge in [-0.25, -0.2) is 8.98 Å². The molecule has 0 radical (unpaired) electrons. The number of esters is 1. The Balaban J connectivity index is 2.17. The van der Waals surface area contributed by atoms with Gasteiger partial charge in [-0.05, 0) is 12.3 Å². The third-order valence-electron chi connectivity index (χ3n) is 4.09. The van der Waals surface area contributed by atoms with Crippen LogP contribution in [-0.2, 0) is 37.9 Å². The van der Waals surface area contributed by atoms with E-state index in [2.05, 4.69) is 9.50 Å². The van der Waals surface area contributed by atoms with Gasteiger partial charge in [-0.15, -0.1) is 0 Å². The molecular weight excluding hydrogens is 400 g/mol. The number of methoxy groups -OCH3 is 1. The van der Waals surface area contributed by atoms with E-state index >= 15 is 0 Å². The normalized spacial score (nSPS) is 23.3. The number of β-lactam (4-membered cyclic amide) rings is 1. The van der Waals surface area contributed by atoms with Crippen LogP contribution in [0, 0.1) is 5.92 Å². The number of hydrogen-bond donors (Lipinski definition) is 1. The highest BCUT2D eigenvalue weighted by Gasteiger charge is 2.58. The van der Waals surface area contributed by atoms with Crippen molar-refractivity contribution < 1.29 is 35.9 Å². The van der Waals surface area contributed by atoms with Crippen LogP contribution in [0.15, 0.2) is 22.2 Å². The lowest BCUT2D eigenvalue weighted by Gasteiger charge is -2.45. The smallest absolute Gasteiger partial charge is 0.399 e. The molecule has 1 N–H and O–H groups in total. The van der Waals surface area contributed by atoms with Gasteiger partial charge in [-0.3, -0.25) is 13.8 Å². The number of carbonyl (C=O) groups excluding carboxylic acids is 3. The summed E-state index contributed by atoms with van der Waals surface area (Å²) in [4.78, 5) is 37.4. The zero-order valence-corrected chi connectivity index (χ0v) is 16.8. The van der Waals surface area contributed by atoms with Crippen molar-refractivity contribution in [3.63, 3.8) is 0 Å². The largest absolute Gasteiger partial charge is 0.464 e. The SMILES string of the molecule is COC(=O)C1=C(S/C=C/NC(C)=O)C[C@@H]2[C@H]([C@H](C)OS(=O)(=O)OC)C(=O)N12. The molecule has 0 aromatic carbocycles. The van der Waals surface area contributed by atoms with Crippen molar-refractivity contribution in [1.29, 1.82) is 0 Å². The first kappa shape index (κ1) is 21.4. The van der Waals surface area contributed by atoms with Crippen LogP contribution >= 0.6 is 11.8 Å². The summed E-state index contributed by atoms with van der Waals surface area (Å²) in [6, 6.07) is -0.426. The van der Waals surface area contributed by atoms with Crippen LogP contribution in [0.2, 0.25) is 0 Å². The second-order valence-corrected chi connectivity index (χ2v) is 8.11. The minimum Gasteiger partial charge on any atom is -0.464 e. The first-order chi connectivity index (χ1) is 12.6. The van der Waals surface area contributed by atoms with Crippen LogP contribution in [-0.4, -0.2) is 57.5 Å².